The molecule has 1 aliphatic heterocycles. The second-order valence-electron chi connectivity index (χ2n) is 7.03. The molecule has 0 radical (unpaired) electrons. The predicted molar refractivity (Wildman–Crippen MR) is 95.2 cm³/mol. The van der Waals surface area contributed by atoms with Crippen molar-refractivity contribution in [3.05, 3.63) is 11.8 Å². The Balaban J connectivity index is 1.76. The number of hydrogen-bond acceptors (Lipinski definition) is 4. The van der Waals surface area contributed by atoms with Gasteiger partial charge in [0.15, 0.2) is 0 Å². The van der Waals surface area contributed by atoms with E-state index < -0.39 is 0 Å². The SMILES string of the molecule is COCCN1CCC(CNC(=O)Nc2cc(C)nn2CC(C)C)C1. The number of ether oxygens (including phenoxy) is 1. The van der Waals surface area contributed by atoms with Crippen molar-refractivity contribution >= 4 is 11.8 Å². The Morgan fingerprint density at radius 3 is 3.00 bits per heavy atom. The number of hydrogen-bond donors (Lipinski definition) is 2. The molecule has 2 rings (SSSR count). The van der Waals surface area contributed by atoms with Gasteiger partial charge < -0.3 is 15.0 Å². The molecule has 0 saturated carbocycles. The van der Waals surface area contributed by atoms with Crippen LogP contribution in [0, 0.1) is 18.8 Å². The molecule has 0 bridgehead atoms. The van der Waals surface area contributed by atoms with Crippen LogP contribution in [0.15, 0.2) is 6.07 Å². The van der Waals surface area contributed by atoms with Gasteiger partial charge in [-0.2, -0.15) is 5.10 Å². The predicted octanol–water partition coefficient (Wildman–Crippen LogP) is 1.94. The molecule has 7 heteroatoms. The molecule has 1 aromatic rings. The van der Waals surface area contributed by atoms with Crippen LogP contribution in [-0.2, 0) is 11.3 Å². The highest BCUT2D eigenvalue weighted by Gasteiger charge is 2.22. The first kappa shape index (κ1) is 18.7. The number of likely N-dealkylation sites (tertiary alicyclic amines) is 1. The van der Waals surface area contributed by atoms with E-state index in [0.29, 0.717) is 18.4 Å². The highest BCUT2D eigenvalue weighted by molar-refractivity contribution is 5.88. The van der Waals surface area contributed by atoms with Crippen LogP contribution < -0.4 is 10.6 Å². The van der Waals surface area contributed by atoms with Gasteiger partial charge in [-0.25, -0.2) is 9.48 Å². The third-order valence-electron chi connectivity index (χ3n) is 4.21. The van der Waals surface area contributed by atoms with Gasteiger partial charge in [-0.3, -0.25) is 5.32 Å². The molecule has 2 amide bonds. The van der Waals surface area contributed by atoms with Crippen molar-refractivity contribution in [3.63, 3.8) is 0 Å². The second-order valence-corrected chi connectivity index (χ2v) is 7.03. The summed E-state index contributed by atoms with van der Waals surface area (Å²) in [7, 11) is 1.73. The topological polar surface area (TPSA) is 71.4 Å². The smallest absolute Gasteiger partial charge is 0.320 e. The van der Waals surface area contributed by atoms with Crippen LogP contribution in [0.1, 0.15) is 26.0 Å². The molecule has 0 aliphatic carbocycles. The fourth-order valence-corrected chi connectivity index (χ4v) is 3.03. The summed E-state index contributed by atoms with van der Waals surface area (Å²) in [6, 6.07) is 1.75. The van der Waals surface area contributed by atoms with Crippen molar-refractivity contribution in [1.82, 2.24) is 20.0 Å². The number of aromatic nitrogens is 2. The molecule has 1 aliphatic rings. The number of carbonyl (C=O) groups is 1. The molecule has 136 valence electrons. The Bertz CT molecular complexity index is 529. The maximum absolute atomic E-state index is 12.2. The lowest BCUT2D eigenvalue weighted by molar-refractivity contribution is 0.159. The van der Waals surface area contributed by atoms with Gasteiger partial charge in [0.05, 0.1) is 12.3 Å². The zero-order valence-electron chi connectivity index (χ0n) is 15.3. The quantitative estimate of drug-likeness (QED) is 0.760. The van der Waals surface area contributed by atoms with Crippen LogP contribution in [0.25, 0.3) is 0 Å². The lowest BCUT2D eigenvalue weighted by atomic mass is 10.1. The molecule has 7 nitrogen and oxygen atoms in total. The third-order valence-corrected chi connectivity index (χ3v) is 4.21. The van der Waals surface area contributed by atoms with Crippen molar-refractivity contribution in [2.75, 3.05) is 45.2 Å². The molecule has 1 unspecified atom stereocenters. The summed E-state index contributed by atoms with van der Waals surface area (Å²) in [5.74, 6) is 1.74. The molecule has 1 aromatic heterocycles. The molecular weight excluding hydrogens is 306 g/mol. The van der Waals surface area contributed by atoms with Gasteiger partial charge >= 0.3 is 6.03 Å². The Kier molecular flexibility index (Phi) is 7.05. The zero-order chi connectivity index (χ0) is 17.5. The second kappa shape index (κ2) is 9.03. The first-order valence-corrected chi connectivity index (χ1v) is 8.78. The van der Waals surface area contributed by atoms with Gasteiger partial charge in [-0.1, -0.05) is 13.8 Å². The minimum atomic E-state index is -0.157. The molecule has 0 aromatic carbocycles. The molecule has 2 heterocycles. The zero-order valence-corrected chi connectivity index (χ0v) is 15.3. The van der Waals surface area contributed by atoms with E-state index in [9.17, 15) is 4.79 Å². The van der Waals surface area contributed by atoms with E-state index in [-0.39, 0.29) is 6.03 Å². The van der Waals surface area contributed by atoms with Crippen LogP contribution in [0.4, 0.5) is 10.6 Å². The van der Waals surface area contributed by atoms with E-state index in [1.165, 1.54) is 0 Å². The van der Waals surface area contributed by atoms with Gasteiger partial charge in [-0.05, 0) is 31.7 Å². The number of anilines is 1. The average molecular weight is 337 g/mol. The molecular formula is C17H31N5O2. The van der Waals surface area contributed by atoms with Crippen LogP contribution >= 0.6 is 0 Å². The van der Waals surface area contributed by atoms with E-state index in [0.717, 1.165) is 50.7 Å². The Hall–Kier alpha value is -1.60. The third kappa shape index (κ3) is 5.79. The maximum atomic E-state index is 12.2. The number of methoxy groups -OCH3 is 1. The minimum absolute atomic E-state index is 0.157. The Morgan fingerprint density at radius 2 is 2.29 bits per heavy atom. The molecule has 24 heavy (non-hydrogen) atoms. The number of carbonyl (C=O) groups excluding carboxylic acids is 1. The molecule has 1 fully saturated rings. The summed E-state index contributed by atoms with van der Waals surface area (Å²) < 4.78 is 6.98. The van der Waals surface area contributed by atoms with Crippen molar-refractivity contribution in [1.29, 1.82) is 0 Å². The van der Waals surface area contributed by atoms with E-state index in [2.05, 4.69) is 34.5 Å². The summed E-state index contributed by atoms with van der Waals surface area (Å²) in [6.07, 6.45) is 1.12. The van der Waals surface area contributed by atoms with Crippen molar-refractivity contribution in [2.45, 2.75) is 33.7 Å². The van der Waals surface area contributed by atoms with Crippen LogP contribution in [0.2, 0.25) is 0 Å². The summed E-state index contributed by atoms with van der Waals surface area (Å²) in [5, 5.41) is 10.3. The molecule has 1 atom stereocenters. The van der Waals surface area contributed by atoms with Crippen LogP contribution in [-0.4, -0.2) is 60.6 Å². The van der Waals surface area contributed by atoms with E-state index >= 15 is 0 Å². The lowest BCUT2D eigenvalue weighted by Gasteiger charge is -2.16. The number of urea groups is 1. The highest BCUT2D eigenvalue weighted by Crippen LogP contribution is 2.15. The maximum Gasteiger partial charge on any atom is 0.320 e. The monoisotopic (exact) mass is 337 g/mol. The van der Waals surface area contributed by atoms with Crippen LogP contribution in [0.5, 0.6) is 0 Å². The van der Waals surface area contributed by atoms with Crippen molar-refractivity contribution in [3.8, 4) is 0 Å². The highest BCUT2D eigenvalue weighted by atomic mass is 16.5. The van der Waals surface area contributed by atoms with Crippen LogP contribution in [0.3, 0.4) is 0 Å². The first-order chi connectivity index (χ1) is 11.5. The number of amides is 2. The van der Waals surface area contributed by atoms with Crippen molar-refractivity contribution < 1.29 is 9.53 Å². The minimum Gasteiger partial charge on any atom is -0.383 e. The average Bonchev–Trinajstić information content (AvgIpc) is 3.09. The van der Waals surface area contributed by atoms with E-state index in [4.69, 9.17) is 4.74 Å². The molecule has 0 spiro atoms. The normalized spacial score (nSPS) is 18.3. The summed E-state index contributed by atoms with van der Waals surface area (Å²) in [6.45, 7) is 11.5. The van der Waals surface area contributed by atoms with Gasteiger partial charge in [-0.15, -0.1) is 0 Å². The number of rotatable bonds is 8. The first-order valence-electron chi connectivity index (χ1n) is 8.78. The lowest BCUT2D eigenvalue weighted by Crippen LogP contribution is -2.35. The van der Waals surface area contributed by atoms with Gasteiger partial charge in [0.2, 0.25) is 0 Å². The van der Waals surface area contributed by atoms with E-state index in [1.54, 1.807) is 7.11 Å². The molecule has 2 N–H and O–H groups in total. The summed E-state index contributed by atoms with van der Waals surface area (Å²) in [5.41, 5.74) is 0.913. The fraction of sp³-hybridized carbons (Fsp3) is 0.765. The number of aryl methyl sites for hydroxylation is 1. The summed E-state index contributed by atoms with van der Waals surface area (Å²) >= 11 is 0. The van der Waals surface area contributed by atoms with Gasteiger partial charge in [0.25, 0.3) is 0 Å². The fourth-order valence-electron chi connectivity index (χ4n) is 3.03. The number of nitrogens with one attached hydrogen (secondary N) is 2. The Morgan fingerprint density at radius 1 is 1.50 bits per heavy atom. The summed E-state index contributed by atoms with van der Waals surface area (Å²) in [4.78, 5) is 14.6. The van der Waals surface area contributed by atoms with Crippen molar-refractivity contribution in [2.24, 2.45) is 11.8 Å². The van der Waals surface area contributed by atoms with Gasteiger partial charge in [0.1, 0.15) is 5.82 Å². The van der Waals surface area contributed by atoms with E-state index in [1.807, 2.05) is 17.7 Å². The number of nitrogens with zero attached hydrogens (tertiary/aromatic N) is 3. The van der Waals surface area contributed by atoms with Gasteiger partial charge in [0, 0.05) is 39.4 Å². The molecule has 1 saturated heterocycles. The standard InChI is InChI=1S/C17H31N5O2/c1-13(2)11-22-16(9-14(3)20-22)19-17(23)18-10-15-5-6-21(12-15)7-8-24-4/h9,13,15H,5-8,10-12H2,1-4H3,(H2,18,19,23). The largest absolute Gasteiger partial charge is 0.383 e. The Labute approximate surface area is 144 Å².